The molecule has 0 radical (unpaired) electrons. The third-order valence-electron chi connectivity index (χ3n) is 5.87. The number of amides is 1. The van der Waals surface area contributed by atoms with Crippen LogP contribution in [-0.4, -0.2) is 61.0 Å². The van der Waals surface area contributed by atoms with Crippen LogP contribution < -0.4 is 5.32 Å². The molecule has 4 aliphatic heterocycles. The standard InChI is InChI=1S/C18H25N3O/c1-19-11-16(22)21-12-15(13-5-3-2-4-6-13)18-17(21)14-7-9-20(18)10-8-14/h2-6,14-15,17-19H,7-12H2,1H3/t15-,17-,18-/m1/s1. The van der Waals surface area contributed by atoms with Crippen molar-refractivity contribution in [3.05, 3.63) is 35.9 Å². The zero-order valence-electron chi connectivity index (χ0n) is 13.2. The van der Waals surface area contributed by atoms with Crippen LogP contribution in [0.25, 0.3) is 0 Å². The maximum atomic E-state index is 12.6. The summed E-state index contributed by atoms with van der Waals surface area (Å²) >= 11 is 0. The maximum Gasteiger partial charge on any atom is 0.236 e. The van der Waals surface area contributed by atoms with Crippen LogP contribution in [0.5, 0.6) is 0 Å². The minimum absolute atomic E-state index is 0.268. The smallest absolute Gasteiger partial charge is 0.236 e. The highest BCUT2D eigenvalue weighted by Crippen LogP contribution is 2.46. The lowest BCUT2D eigenvalue weighted by Gasteiger charge is -2.51. The number of fused-ring (bicyclic) bond motifs is 2. The van der Waals surface area contributed by atoms with Gasteiger partial charge in [0.1, 0.15) is 0 Å². The Morgan fingerprint density at radius 3 is 2.59 bits per heavy atom. The molecule has 0 unspecified atom stereocenters. The van der Waals surface area contributed by atoms with Gasteiger partial charge in [0.25, 0.3) is 0 Å². The summed E-state index contributed by atoms with van der Waals surface area (Å²) in [6.07, 6.45) is 2.51. The topological polar surface area (TPSA) is 35.6 Å². The first-order chi connectivity index (χ1) is 10.8. The first-order valence-electron chi connectivity index (χ1n) is 8.52. The molecule has 1 aromatic rings. The second-order valence-corrected chi connectivity index (χ2v) is 6.95. The van der Waals surface area contributed by atoms with Gasteiger partial charge in [-0.3, -0.25) is 9.69 Å². The summed E-state index contributed by atoms with van der Waals surface area (Å²) in [5.74, 6) is 1.43. The number of hydrogen-bond donors (Lipinski definition) is 1. The lowest BCUT2D eigenvalue weighted by molar-refractivity contribution is -0.134. The molecule has 1 amide bonds. The molecule has 0 saturated carbocycles. The van der Waals surface area contributed by atoms with Crippen molar-refractivity contribution in [2.75, 3.05) is 33.2 Å². The Morgan fingerprint density at radius 1 is 1.18 bits per heavy atom. The fraction of sp³-hybridized carbons (Fsp3) is 0.611. The summed E-state index contributed by atoms with van der Waals surface area (Å²) in [4.78, 5) is 17.4. The summed E-state index contributed by atoms with van der Waals surface area (Å²) in [7, 11) is 1.86. The van der Waals surface area contributed by atoms with Crippen LogP contribution in [0.4, 0.5) is 0 Å². The summed E-state index contributed by atoms with van der Waals surface area (Å²) in [5.41, 5.74) is 1.39. The van der Waals surface area contributed by atoms with Crippen molar-refractivity contribution in [2.45, 2.75) is 30.8 Å². The number of nitrogens with one attached hydrogen (secondary N) is 1. The second kappa shape index (κ2) is 5.67. The molecule has 4 saturated heterocycles. The van der Waals surface area contributed by atoms with E-state index in [0.29, 0.717) is 30.5 Å². The van der Waals surface area contributed by atoms with E-state index in [1.165, 1.54) is 31.5 Å². The number of nitrogens with zero attached hydrogens (tertiary/aromatic N) is 2. The van der Waals surface area contributed by atoms with Gasteiger partial charge in [0.2, 0.25) is 5.91 Å². The monoisotopic (exact) mass is 299 g/mol. The van der Waals surface area contributed by atoms with Crippen molar-refractivity contribution in [3.8, 4) is 0 Å². The van der Waals surface area contributed by atoms with E-state index >= 15 is 0 Å². The zero-order valence-corrected chi connectivity index (χ0v) is 13.2. The van der Waals surface area contributed by atoms with Crippen molar-refractivity contribution < 1.29 is 4.79 Å². The summed E-state index contributed by atoms with van der Waals surface area (Å²) < 4.78 is 0. The number of hydrogen-bond acceptors (Lipinski definition) is 3. The normalized spacial score (nSPS) is 36.4. The summed E-state index contributed by atoms with van der Waals surface area (Å²) in [6, 6.07) is 11.7. The van der Waals surface area contributed by atoms with Gasteiger partial charge in [0.05, 0.1) is 12.6 Å². The molecule has 1 aromatic carbocycles. The second-order valence-electron chi connectivity index (χ2n) is 6.95. The maximum absolute atomic E-state index is 12.6. The highest BCUT2D eigenvalue weighted by molar-refractivity contribution is 5.79. The van der Waals surface area contributed by atoms with Crippen LogP contribution in [0.15, 0.2) is 30.3 Å². The van der Waals surface area contributed by atoms with Gasteiger partial charge in [-0.2, -0.15) is 0 Å². The molecule has 0 aliphatic carbocycles. The van der Waals surface area contributed by atoms with Gasteiger partial charge in [0.15, 0.2) is 0 Å². The Hall–Kier alpha value is -1.39. The molecule has 4 nitrogen and oxygen atoms in total. The number of benzene rings is 1. The largest absolute Gasteiger partial charge is 0.336 e. The molecule has 118 valence electrons. The average molecular weight is 299 g/mol. The molecule has 0 aromatic heterocycles. The third-order valence-corrected chi connectivity index (χ3v) is 5.87. The van der Waals surface area contributed by atoms with Crippen molar-refractivity contribution in [2.24, 2.45) is 5.92 Å². The molecule has 4 aliphatic rings. The van der Waals surface area contributed by atoms with Crippen LogP contribution in [0, 0.1) is 5.92 Å². The fourth-order valence-corrected chi connectivity index (χ4v) is 4.95. The summed E-state index contributed by atoms with van der Waals surface area (Å²) in [6.45, 7) is 3.76. The molecule has 22 heavy (non-hydrogen) atoms. The van der Waals surface area contributed by atoms with E-state index in [1.807, 2.05) is 7.05 Å². The molecule has 3 atom stereocenters. The molecular weight excluding hydrogens is 274 g/mol. The van der Waals surface area contributed by atoms with Gasteiger partial charge in [0, 0.05) is 18.5 Å². The van der Waals surface area contributed by atoms with Gasteiger partial charge < -0.3 is 10.2 Å². The lowest BCUT2D eigenvalue weighted by atomic mass is 9.75. The lowest BCUT2D eigenvalue weighted by Crippen LogP contribution is -2.61. The highest BCUT2D eigenvalue weighted by atomic mass is 16.2. The number of rotatable bonds is 3. The van der Waals surface area contributed by atoms with Gasteiger partial charge >= 0.3 is 0 Å². The van der Waals surface area contributed by atoms with Gasteiger partial charge in [-0.15, -0.1) is 0 Å². The number of likely N-dealkylation sites (N-methyl/N-ethyl adjacent to an activating group) is 1. The molecule has 4 fully saturated rings. The van der Waals surface area contributed by atoms with E-state index in [1.54, 1.807) is 0 Å². The molecule has 4 heteroatoms. The van der Waals surface area contributed by atoms with Crippen LogP contribution in [0.2, 0.25) is 0 Å². The number of carbonyl (C=O) groups is 1. The van der Waals surface area contributed by atoms with Crippen LogP contribution in [0.3, 0.4) is 0 Å². The Labute approximate surface area is 132 Å². The van der Waals surface area contributed by atoms with E-state index in [4.69, 9.17) is 0 Å². The molecular formula is C18H25N3O. The van der Waals surface area contributed by atoms with E-state index < -0.39 is 0 Å². The van der Waals surface area contributed by atoms with Gasteiger partial charge in [-0.25, -0.2) is 0 Å². The molecule has 2 bridgehead atoms. The quantitative estimate of drug-likeness (QED) is 0.914. The summed E-state index contributed by atoms with van der Waals surface area (Å²) in [5, 5.41) is 3.03. The van der Waals surface area contributed by atoms with Crippen molar-refractivity contribution >= 4 is 5.91 Å². The zero-order chi connectivity index (χ0) is 15.1. The predicted octanol–water partition coefficient (Wildman–Crippen LogP) is 1.29. The van der Waals surface area contributed by atoms with Crippen LogP contribution in [0.1, 0.15) is 24.3 Å². The number of likely N-dealkylation sites (tertiary alicyclic amines) is 1. The molecule has 1 N–H and O–H groups in total. The highest BCUT2D eigenvalue weighted by Gasteiger charge is 2.54. The van der Waals surface area contributed by atoms with E-state index in [2.05, 4.69) is 45.4 Å². The van der Waals surface area contributed by atoms with E-state index in [0.717, 1.165) is 6.54 Å². The van der Waals surface area contributed by atoms with E-state index in [9.17, 15) is 4.79 Å². The van der Waals surface area contributed by atoms with Crippen molar-refractivity contribution in [1.29, 1.82) is 0 Å². The van der Waals surface area contributed by atoms with Crippen molar-refractivity contribution in [3.63, 3.8) is 0 Å². The minimum atomic E-state index is 0.268. The Balaban J connectivity index is 1.68. The number of piperidine rings is 3. The Bertz CT molecular complexity index is 539. The SMILES string of the molecule is CNCC(=O)N1C[C@H](c2ccccc2)[C@@H]2[C@H]1C1CCN2CC1. The van der Waals surface area contributed by atoms with Crippen molar-refractivity contribution in [1.82, 2.24) is 15.1 Å². The van der Waals surface area contributed by atoms with Crippen LogP contribution >= 0.6 is 0 Å². The Kier molecular flexibility index (Phi) is 3.66. The Morgan fingerprint density at radius 2 is 1.91 bits per heavy atom. The molecule has 0 spiro atoms. The van der Waals surface area contributed by atoms with Crippen LogP contribution in [-0.2, 0) is 4.79 Å². The van der Waals surface area contributed by atoms with Gasteiger partial charge in [-0.05, 0) is 44.5 Å². The average Bonchev–Trinajstić information content (AvgIpc) is 3.00. The third kappa shape index (κ3) is 2.17. The predicted molar refractivity (Wildman–Crippen MR) is 86.7 cm³/mol. The van der Waals surface area contributed by atoms with Gasteiger partial charge in [-0.1, -0.05) is 30.3 Å². The first kappa shape index (κ1) is 14.2. The molecule has 5 rings (SSSR count). The fourth-order valence-electron chi connectivity index (χ4n) is 4.95. The van der Waals surface area contributed by atoms with E-state index in [-0.39, 0.29) is 5.91 Å². The first-order valence-corrected chi connectivity index (χ1v) is 8.52. The molecule has 4 heterocycles. The minimum Gasteiger partial charge on any atom is -0.336 e. The number of carbonyl (C=O) groups excluding carboxylic acids is 1.